The third-order valence-electron chi connectivity index (χ3n) is 6.20. The van der Waals surface area contributed by atoms with Crippen LogP contribution in [0.15, 0.2) is 60.7 Å². The van der Waals surface area contributed by atoms with Gasteiger partial charge in [0, 0.05) is 0 Å². The van der Waals surface area contributed by atoms with Gasteiger partial charge < -0.3 is 31.6 Å². The molecule has 0 fully saturated rings. The lowest BCUT2D eigenvalue weighted by molar-refractivity contribution is -0.138. The average molecular weight is 569 g/mol. The summed E-state index contributed by atoms with van der Waals surface area (Å²) >= 11 is 0. The monoisotopic (exact) mass is 568 g/mol. The molecule has 0 aliphatic carbocycles. The Morgan fingerprint density at radius 3 is 1.68 bits per heavy atom. The fourth-order valence-corrected chi connectivity index (χ4v) is 3.97. The van der Waals surface area contributed by atoms with Crippen LogP contribution in [0.5, 0.6) is 0 Å². The fourth-order valence-electron chi connectivity index (χ4n) is 3.97. The van der Waals surface area contributed by atoms with E-state index in [1.807, 2.05) is 26.0 Å². The van der Waals surface area contributed by atoms with Crippen LogP contribution in [0.2, 0.25) is 0 Å². The van der Waals surface area contributed by atoms with E-state index in [9.17, 15) is 24.0 Å². The molecule has 2 atom stereocenters. The van der Waals surface area contributed by atoms with Gasteiger partial charge in [0.05, 0.1) is 18.5 Å². The number of alkyl carbamates (subject to hydrolysis) is 2. The Balaban J connectivity index is 2.01. The van der Waals surface area contributed by atoms with E-state index in [1.165, 1.54) is 0 Å². The van der Waals surface area contributed by atoms with Gasteiger partial charge in [0.1, 0.15) is 13.2 Å². The highest BCUT2D eigenvalue weighted by molar-refractivity contribution is 6.18. The first kappa shape index (κ1) is 33.1. The molecular weight excluding hydrogens is 528 g/mol. The Kier molecular flexibility index (Phi) is 13.1. The van der Waals surface area contributed by atoms with Gasteiger partial charge in [-0.3, -0.25) is 14.4 Å². The lowest BCUT2D eigenvalue weighted by Crippen LogP contribution is -2.68. The number of benzene rings is 2. The van der Waals surface area contributed by atoms with Gasteiger partial charge in [0.2, 0.25) is 0 Å². The number of carbonyl (C=O) groups is 5. The van der Waals surface area contributed by atoms with E-state index in [0.717, 1.165) is 11.1 Å². The fraction of sp³-hybridized carbons (Fsp3) is 0.433. The van der Waals surface area contributed by atoms with E-state index in [-0.39, 0.29) is 32.0 Å². The number of rotatable bonds is 16. The number of carbonyl (C=O) groups excluding carboxylic acids is 5. The number of amides is 2. The zero-order chi connectivity index (χ0) is 30.4. The first-order valence-electron chi connectivity index (χ1n) is 13.6. The minimum Gasteiger partial charge on any atom is -0.445 e. The van der Waals surface area contributed by atoms with Crippen molar-refractivity contribution >= 4 is 29.5 Å². The first-order valence-corrected chi connectivity index (χ1v) is 13.6. The molecule has 0 bridgehead atoms. The molecule has 2 aromatic rings. The van der Waals surface area contributed by atoms with Crippen molar-refractivity contribution in [1.82, 2.24) is 10.6 Å². The molecule has 0 aromatic heterocycles. The van der Waals surface area contributed by atoms with Crippen LogP contribution in [-0.2, 0) is 37.1 Å². The molecule has 0 aliphatic heterocycles. The van der Waals surface area contributed by atoms with Gasteiger partial charge in [0.25, 0.3) is 0 Å². The lowest BCUT2D eigenvalue weighted by atomic mass is 9.88. The van der Waals surface area contributed by atoms with Crippen molar-refractivity contribution in [1.29, 1.82) is 0 Å². The summed E-state index contributed by atoms with van der Waals surface area (Å²) in [5.41, 5.74) is 10.9. The molecule has 11 nitrogen and oxygen atoms in total. The molecule has 2 aromatic carbocycles. The zero-order valence-corrected chi connectivity index (χ0v) is 23.8. The van der Waals surface area contributed by atoms with E-state index < -0.39 is 53.7 Å². The standard InChI is InChI=1S/C30H40N4O7/c1-4-11-23(33-28(38)40-18-21-12-7-5-8-13-21)25(35)17-26(36)30(31,32)27(37)24(16-20(2)3)34-29(39)41-19-22-14-9-6-10-15-22/h5-10,12-15,20,23-24H,4,11,16-19,31-32H2,1-3H3,(H,33,38)(H,34,39)/t23-,24-/m0/s1. The maximum atomic E-state index is 13.3. The van der Waals surface area contributed by atoms with Crippen molar-refractivity contribution in [2.75, 3.05) is 0 Å². The van der Waals surface area contributed by atoms with Gasteiger partial charge >= 0.3 is 12.2 Å². The number of hydrogen-bond acceptors (Lipinski definition) is 9. The molecule has 0 heterocycles. The normalized spacial score (nSPS) is 12.6. The number of nitrogens with one attached hydrogen (secondary N) is 2. The molecule has 0 spiro atoms. The van der Waals surface area contributed by atoms with E-state index >= 15 is 0 Å². The highest BCUT2D eigenvalue weighted by atomic mass is 16.6. The van der Waals surface area contributed by atoms with E-state index in [0.29, 0.717) is 6.42 Å². The second-order valence-electron chi connectivity index (χ2n) is 10.2. The van der Waals surface area contributed by atoms with Gasteiger partial charge in [-0.1, -0.05) is 87.9 Å². The Morgan fingerprint density at radius 2 is 1.24 bits per heavy atom. The largest absolute Gasteiger partial charge is 0.445 e. The third kappa shape index (κ3) is 11.1. The Bertz CT molecular complexity index is 1170. The molecule has 0 saturated heterocycles. The van der Waals surface area contributed by atoms with E-state index in [4.69, 9.17) is 20.9 Å². The minimum absolute atomic E-state index is 0.000124. The van der Waals surface area contributed by atoms with Crippen molar-refractivity contribution < 1.29 is 33.4 Å². The Labute approximate surface area is 240 Å². The van der Waals surface area contributed by atoms with Gasteiger partial charge in [-0.2, -0.15) is 0 Å². The summed E-state index contributed by atoms with van der Waals surface area (Å²) in [6, 6.07) is 15.7. The molecule has 222 valence electrons. The van der Waals surface area contributed by atoms with Crippen LogP contribution < -0.4 is 22.1 Å². The van der Waals surface area contributed by atoms with Gasteiger partial charge in [-0.05, 0) is 29.9 Å². The summed E-state index contributed by atoms with van der Waals surface area (Å²) < 4.78 is 10.4. The van der Waals surface area contributed by atoms with Crippen molar-refractivity contribution in [3.05, 3.63) is 71.8 Å². The predicted octanol–water partition coefficient (Wildman–Crippen LogP) is 3.13. The van der Waals surface area contributed by atoms with Crippen LogP contribution in [0, 0.1) is 5.92 Å². The van der Waals surface area contributed by atoms with Crippen LogP contribution in [-0.4, -0.2) is 47.3 Å². The van der Waals surface area contributed by atoms with Gasteiger partial charge in [-0.15, -0.1) is 0 Å². The average Bonchev–Trinajstić information content (AvgIpc) is 2.94. The van der Waals surface area contributed by atoms with Gasteiger partial charge in [-0.25, -0.2) is 9.59 Å². The van der Waals surface area contributed by atoms with Crippen LogP contribution in [0.1, 0.15) is 57.6 Å². The number of nitrogens with two attached hydrogens (primary N) is 2. The van der Waals surface area contributed by atoms with Crippen LogP contribution in [0.3, 0.4) is 0 Å². The highest BCUT2D eigenvalue weighted by Gasteiger charge is 2.43. The van der Waals surface area contributed by atoms with Crippen molar-refractivity contribution in [3.8, 4) is 0 Å². The van der Waals surface area contributed by atoms with Crippen LogP contribution in [0.25, 0.3) is 0 Å². The van der Waals surface area contributed by atoms with Crippen LogP contribution >= 0.6 is 0 Å². The Hall–Kier alpha value is -4.09. The SMILES string of the molecule is CCC[C@H](NC(=O)OCc1ccccc1)C(=O)CC(=O)C(N)(N)C(=O)[C@H](CC(C)C)NC(=O)OCc1ccccc1. The number of Topliss-reactive ketones (excluding diaryl/α,β-unsaturated/α-hetero) is 3. The second-order valence-corrected chi connectivity index (χ2v) is 10.2. The lowest BCUT2D eigenvalue weighted by Gasteiger charge is -2.28. The molecule has 41 heavy (non-hydrogen) atoms. The minimum atomic E-state index is -2.56. The summed E-state index contributed by atoms with van der Waals surface area (Å²) in [6.45, 7) is 5.40. The molecular formula is C30H40N4O7. The molecule has 11 heteroatoms. The molecule has 2 rings (SSSR count). The quantitative estimate of drug-likeness (QED) is 0.175. The number of ketones is 3. The van der Waals surface area contributed by atoms with Gasteiger partial charge in [0.15, 0.2) is 23.0 Å². The van der Waals surface area contributed by atoms with E-state index in [2.05, 4.69) is 10.6 Å². The zero-order valence-electron chi connectivity index (χ0n) is 23.8. The first-order chi connectivity index (χ1) is 19.4. The molecule has 0 saturated carbocycles. The van der Waals surface area contributed by atoms with Crippen molar-refractivity contribution in [2.24, 2.45) is 17.4 Å². The van der Waals surface area contributed by atoms with Crippen LogP contribution in [0.4, 0.5) is 9.59 Å². The molecule has 0 aliphatic rings. The summed E-state index contributed by atoms with van der Waals surface area (Å²) in [5.74, 6) is -2.74. The third-order valence-corrected chi connectivity index (χ3v) is 6.20. The maximum Gasteiger partial charge on any atom is 0.408 e. The summed E-state index contributed by atoms with van der Waals surface area (Å²) in [6.07, 6.45) is -1.63. The predicted molar refractivity (Wildman–Crippen MR) is 152 cm³/mol. The van der Waals surface area contributed by atoms with E-state index in [1.54, 1.807) is 55.5 Å². The second kappa shape index (κ2) is 16.2. The summed E-state index contributed by atoms with van der Waals surface area (Å²) in [4.78, 5) is 64.0. The number of hydrogen-bond donors (Lipinski definition) is 4. The maximum absolute atomic E-state index is 13.3. The van der Waals surface area contributed by atoms with Crippen molar-refractivity contribution in [2.45, 2.75) is 77.4 Å². The smallest absolute Gasteiger partial charge is 0.408 e. The Morgan fingerprint density at radius 1 is 0.780 bits per heavy atom. The molecule has 6 N–H and O–H groups in total. The molecule has 0 radical (unpaired) electrons. The highest BCUT2D eigenvalue weighted by Crippen LogP contribution is 2.14. The summed E-state index contributed by atoms with van der Waals surface area (Å²) in [7, 11) is 0. The molecule has 0 unspecified atom stereocenters. The van der Waals surface area contributed by atoms with Crippen molar-refractivity contribution in [3.63, 3.8) is 0 Å². The topological polar surface area (TPSA) is 180 Å². The summed E-state index contributed by atoms with van der Waals surface area (Å²) in [5, 5.41) is 4.92. The number of ether oxygens (including phenoxy) is 2. The molecule has 2 amide bonds.